The van der Waals surface area contributed by atoms with Gasteiger partial charge in [0.25, 0.3) is 0 Å². The number of anilines is 1. The molecular formula is C16H22N2O3. The van der Waals surface area contributed by atoms with Crippen LogP contribution in [0, 0.1) is 0 Å². The second kappa shape index (κ2) is 6.61. The minimum Gasteiger partial charge on any atom is -0.494 e. The first kappa shape index (κ1) is 15.4. The summed E-state index contributed by atoms with van der Waals surface area (Å²) < 4.78 is 5.68. The summed E-state index contributed by atoms with van der Waals surface area (Å²) in [6.45, 7) is 6.78. The fraction of sp³-hybridized carbons (Fsp3) is 0.500. The van der Waals surface area contributed by atoms with Crippen LogP contribution in [0.15, 0.2) is 18.2 Å². The van der Waals surface area contributed by atoms with Crippen molar-refractivity contribution in [2.75, 3.05) is 11.9 Å². The lowest BCUT2D eigenvalue weighted by atomic mass is 10.0. The highest BCUT2D eigenvalue weighted by Gasteiger charge is 2.26. The van der Waals surface area contributed by atoms with Crippen molar-refractivity contribution in [3.63, 3.8) is 0 Å². The van der Waals surface area contributed by atoms with Gasteiger partial charge >= 0.3 is 0 Å². The molecule has 2 amide bonds. The number of rotatable bonds is 5. The molecule has 0 aromatic heterocycles. The Morgan fingerprint density at radius 2 is 2.14 bits per heavy atom. The predicted molar refractivity (Wildman–Crippen MR) is 81.5 cm³/mol. The van der Waals surface area contributed by atoms with E-state index in [2.05, 4.69) is 24.5 Å². The quantitative estimate of drug-likeness (QED) is 0.817. The first-order valence-corrected chi connectivity index (χ1v) is 7.38. The number of piperidine rings is 1. The zero-order valence-electron chi connectivity index (χ0n) is 12.7. The van der Waals surface area contributed by atoms with Crippen LogP contribution < -0.4 is 15.4 Å². The highest BCUT2D eigenvalue weighted by atomic mass is 16.5. The van der Waals surface area contributed by atoms with E-state index in [1.165, 1.54) is 0 Å². The molecule has 1 aromatic carbocycles. The molecule has 2 rings (SSSR count). The number of hydrogen-bond donors (Lipinski definition) is 2. The number of carbonyl (C=O) groups is 2. The molecule has 0 bridgehead atoms. The maximum absolute atomic E-state index is 11.8. The molecule has 0 radical (unpaired) electrons. The fourth-order valence-electron chi connectivity index (χ4n) is 2.41. The van der Waals surface area contributed by atoms with Gasteiger partial charge in [0.15, 0.2) is 0 Å². The van der Waals surface area contributed by atoms with Crippen molar-refractivity contribution in [2.24, 2.45) is 0 Å². The first-order chi connectivity index (χ1) is 10.0. The summed E-state index contributed by atoms with van der Waals surface area (Å²) in [4.78, 5) is 22.9. The van der Waals surface area contributed by atoms with Crippen molar-refractivity contribution in [1.82, 2.24) is 5.32 Å². The average Bonchev–Trinajstić information content (AvgIpc) is 2.42. The Bertz CT molecular complexity index is 540. The first-order valence-electron chi connectivity index (χ1n) is 7.38. The number of carbonyl (C=O) groups excluding carboxylic acids is 2. The maximum Gasteiger partial charge on any atom is 0.249 e. The van der Waals surface area contributed by atoms with E-state index < -0.39 is 0 Å². The minimum atomic E-state index is -0.373. The van der Waals surface area contributed by atoms with Crippen molar-refractivity contribution in [3.05, 3.63) is 23.8 Å². The zero-order chi connectivity index (χ0) is 15.4. The second-order valence-corrected chi connectivity index (χ2v) is 5.49. The summed E-state index contributed by atoms with van der Waals surface area (Å²) >= 11 is 0. The molecule has 21 heavy (non-hydrogen) atoms. The molecule has 114 valence electrons. The third kappa shape index (κ3) is 3.74. The average molecular weight is 290 g/mol. The number of ether oxygens (including phenoxy) is 1. The molecule has 5 heteroatoms. The Balaban J connectivity index is 2.15. The summed E-state index contributed by atoms with van der Waals surface area (Å²) in [5.41, 5.74) is 1.98. The standard InChI is InChI=1S/C16H22N2O3/c1-4-21-14-9-11(5-6-12(14)10(2)3)17-13-7-8-15(19)18-16(13)20/h5-6,9-10,13,17H,4,7-8H2,1-3H3,(H,18,19,20). The summed E-state index contributed by atoms with van der Waals surface area (Å²) in [6.07, 6.45) is 0.881. The molecule has 1 saturated heterocycles. The van der Waals surface area contributed by atoms with Crippen LogP contribution in [0.4, 0.5) is 5.69 Å². The lowest BCUT2D eigenvalue weighted by molar-refractivity contribution is -0.133. The van der Waals surface area contributed by atoms with Crippen LogP contribution in [0.25, 0.3) is 0 Å². The van der Waals surface area contributed by atoms with E-state index in [9.17, 15) is 9.59 Å². The number of nitrogens with one attached hydrogen (secondary N) is 2. The molecule has 1 heterocycles. The van der Waals surface area contributed by atoms with Gasteiger partial charge in [0.1, 0.15) is 11.8 Å². The van der Waals surface area contributed by atoms with Crippen molar-refractivity contribution < 1.29 is 14.3 Å². The molecule has 5 nitrogen and oxygen atoms in total. The number of hydrogen-bond acceptors (Lipinski definition) is 4. The van der Waals surface area contributed by atoms with Gasteiger partial charge in [-0.05, 0) is 30.9 Å². The molecule has 1 aliphatic rings. The molecule has 1 unspecified atom stereocenters. The van der Waals surface area contributed by atoms with E-state index in [0.29, 0.717) is 25.4 Å². The molecule has 1 aromatic rings. The Morgan fingerprint density at radius 3 is 2.76 bits per heavy atom. The van der Waals surface area contributed by atoms with Crippen LogP contribution in [-0.2, 0) is 9.59 Å². The largest absolute Gasteiger partial charge is 0.494 e. The third-order valence-electron chi connectivity index (χ3n) is 3.52. The Labute approximate surface area is 125 Å². The van der Waals surface area contributed by atoms with Crippen LogP contribution >= 0.6 is 0 Å². The second-order valence-electron chi connectivity index (χ2n) is 5.49. The summed E-state index contributed by atoms with van der Waals surface area (Å²) in [6, 6.07) is 5.51. The van der Waals surface area contributed by atoms with Gasteiger partial charge in [-0.3, -0.25) is 14.9 Å². The Hall–Kier alpha value is -2.04. The SMILES string of the molecule is CCOc1cc(NC2CCC(=O)NC2=O)ccc1C(C)C. The van der Waals surface area contributed by atoms with Gasteiger partial charge in [-0.25, -0.2) is 0 Å². The third-order valence-corrected chi connectivity index (χ3v) is 3.52. The fourth-order valence-corrected chi connectivity index (χ4v) is 2.41. The van der Waals surface area contributed by atoms with Crippen LogP contribution in [0.1, 0.15) is 45.1 Å². The lowest BCUT2D eigenvalue weighted by Crippen LogP contribution is -2.47. The van der Waals surface area contributed by atoms with Gasteiger partial charge in [-0.15, -0.1) is 0 Å². The molecule has 0 spiro atoms. The van der Waals surface area contributed by atoms with Crippen molar-refractivity contribution in [1.29, 1.82) is 0 Å². The topological polar surface area (TPSA) is 67.4 Å². The highest BCUT2D eigenvalue weighted by molar-refractivity contribution is 6.01. The zero-order valence-corrected chi connectivity index (χ0v) is 12.7. The van der Waals surface area contributed by atoms with Gasteiger partial charge in [-0.1, -0.05) is 19.9 Å². The number of benzene rings is 1. The van der Waals surface area contributed by atoms with Gasteiger partial charge in [0.2, 0.25) is 11.8 Å². The van der Waals surface area contributed by atoms with Gasteiger partial charge in [0, 0.05) is 18.2 Å². The van der Waals surface area contributed by atoms with Crippen LogP contribution in [0.2, 0.25) is 0 Å². The van der Waals surface area contributed by atoms with Gasteiger partial charge in [-0.2, -0.15) is 0 Å². The van der Waals surface area contributed by atoms with E-state index in [4.69, 9.17) is 4.74 Å². The van der Waals surface area contributed by atoms with Crippen LogP contribution in [0.3, 0.4) is 0 Å². The van der Waals surface area contributed by atoms with Crippen LogP contribution in [-0.4, -0.2) is 24.5 Å². The van der Waals surface area contributed by atoms with Crippen molar-refractivity contribution in [2.45, 2.75) is 45.6 Å². The minimum absolute atomic E-state index is 0.205. The van der Waals surface area contributed by atoms with Gasteiger partial charge < -0.3 is 10.1 Å². The maximum atomic E-state index is 11.8. The molecule has 0 saturated carbocycles. The summed E-state index contributed by atoms with van der Waals surface area (Å²) in [7, 11) is 0. The summed E-state index contributed by atoms with van der Waals surface area (Å²) in [5, 5.41) is 5.52. The molecule has 0 aliphatic carbocycles. The normalized spacial score (nSPS) is 18.6. The van der Waals surface area contributed by atoms with E-state index in [1.807, 2.05) is 25.1 Å². The monoisotopic (exact) mass is 290 g/mol. The van der Waals surface area contributed by atoms with E-state index >= 15 is 0 Å². The smallest absolute Gasteiger partial charge is 0.249 e. The van der Waals surface area contributed by atoms with Crippen molar-refractivity contribution in [3.8, 4) is 5.75 Å². The van der Waals surface area contributed by atoms with Gasteiger partial charge in [0.05, 0.1) is 6.61 Å². The van der Waals surface area contributed by atoms with E-state index in [-0.39, 0.29) is 17.9 Å². The molecule has 1 atom stereocenters. The van der Waals surface area contributed by atoms with Crippen molar-refractivity contribution >= 4 is 17.5 Å². The highest BCUT2D eigenvalue weighted by Crippen LogP contribution is 2.30. The predicted octanol–water partition coefficient (Wildman–Crippen LogP) is 2.43. The lowest BCUT2D eigenvalue weighted by Gasteiger charge is -2.23. The molecule has 1 fully saturated rings. The van der Waals surface area contributed by atoms with E-state index in [0.717, 1.165) is 17.0 Å². The Kier molecular flexibility index (Phi) is 4.83. The van der Waals surface area contributed by atoms with E-state index in [1.54, 1.807) is 0 Å². The Morgan fingerprint density at radius 1 is 1.38 bits per heavy atom. The summed E-state index contributed by atoms with van der Waals surface area (Å²) in [5.74, 6) is 0.737. The van der Waals surface area contributed by atoms with Crippen LogP contribution in [0.5, 0.6) is 5.75 Å². The molecule has 2 N–H and O–H groups in total. The molecular weight excluding hydrogens is 268 g/mol. The number of amides is 2. The number of imide groups is 1. The molecule has 1 aliphatic heterocycles.